The number of nitrogens with zero attached hydrogens (tertiary/aromatic N) is 2. The zero-order valence-corrected chi connectivity index (χ0v) is 17.1. The summed E-state index contributed by atoms with van der Waals surface area (Å²) < 4.78 is 0. The number of carbonyl (C=O) groups excluding carboxylic acids is 1. The van der Waals surface area contributed by atoms with Gasteiger partial charge in [0, 0.05) is 36.0 Å². The first kappa shape index (κ1) is 18.1. The van der Waals surface area contributed by atoms with Crippen molar-refractivity contribution in [2.75, 3.05) is 6.54 Å². The number of carbonyl (C=O) groups is 1. The van der Waals surface area contributed by atoms with Gasteiger partial charge in [0.2, 0.25) is 0 Å². The molecule has 2 aliphatic heterocycles. The highest BCUT2D eigenvalue weighted by Crippen LogP contribution is 2.49. The van der Waals surface area contributed by atoms with E-state index in [9.17, 15) is 4.79 Å². The van der Waals surface area contributed by atoms with Crippen LogP contribution in [0.15, 0.2) is 28.2 Å². The van der Waals surface area contributed by atoms with Crippen LogP contribution in [0.4, 0.5) is 0 Å². The number of allylic oxidation sites excluding steroid dienone is 1. The van der Waals surface area contributed by atoms with Gasteiger partial charge in [-0.1, -0.05) is 0 Å². The van der Waals surface area contributed by atoms with Crippen LogP contribution in [-0.4, -0.2) is 35.4 Å². The Morgan fingerprint density at radius 2 is 1.97 bits per heavy atom. The molecule has 3 aliphatic carbocycles. The summed E-state index contributed by atoms with van der Waals surface area (Å²) in [5, 5.41) is 10.9. The van der Waals surface area contributed by atoms with Crippen molar-refractivity contribution in [3.63, 3.8) is 0 Å². The third kappa shape index (κ3) is 3.51. The molecule has 0 radical (unpaired) electrons. The molecular formula is C23H28N6O. The third-order valence-corrected chi connectivity index (χ3v) is 6.63. The Kier molecular flexibility index (Phi) is 4.37. The molecule has 0 aromatic carbocycles. The zero-order chi connectivity index (χ0) is 20.1. The molecule has 3 saturated carbocycles. The third-order valence-electron chi connectivity index (χ3n) is 6.63. The number of aromatic amines is 1. The van der Waals surface area contributed by atoms with E-state index in [1.54, 1.807) is 18.0 Å². The van der Waals surface area contributed by atoms with E-state index in [1.165, 1.54) is 55.5 Å². The van der Waals surface area contributed by atoms with Crippen LogP contribution in [0.1, 0.15) is 72.9 Å². The van der Waals surface area contributed by atoms with Crippen LogP contribution in [0.2, 0.25) is 0 Å². The Labute approximate surface area is 176 Å². The van der Waals surface area contributed by atoms with Crippen molar-refractivity contribution in [1.82, 2.24) is 21.0 Å². The van der Waals surface area contributed by atoms with Gasteiger partial charge in [-0.2, -0.15) is 5.10 Å². The van der Waals surface area contributed by atoms with Crippen LogP contribution in [-0.2, 0) is 11.2 Å². The van der Waals surface area contributed by atoms with Gasteiger partial charge in [0.15, 0.2) is 0 Å². The molecule has 5 aliphatic rings. The second-order valence-corrected chi connectivity index (χ2v) is 9.14. The van der Waals surface area contributed by atoms with Gasteiger partial charge in [-0.25, -0.2) is 5.43 Å². The highest BCUT2D eigenvalue weighted by atomic mass is 16.2. The molecule has 0 spiro atoms. The number of rotatable bonds is 8. The molecule has 156 valence electrons. The largest absolute Gasteiger partial charge is 0.359 e. The fourth-order valence-electron chi connectivity index (χ4n) is 4.63. The van der Waals surface area contributed by atoms with Crippen LogP contribution >= 0.6 is 0 Å². The molecule has 30 heavy (non-hydrogen) atoms. The quantitative estimate of drug-likeness (QED) is 0.537. The van der Waals surface area contributed by atoms with Crippen LogP contribution in [0.3, 0.4) is 0 Å². The molecule has 7 heteroatoms. The minimum absolute atomic E-state index is 0.129. The van der Waals surface area contributed by atoms with Crippen molar-refractivity contribution in [1.29, 1.82) is 0 Å². The average Bonchev–Trinajstić information content (AvgIpc) is 3.63. The van der Waals surface area contributed by atoms with Gasteiger partial charge >= 0.3 is 0 Å². The summed E-state index contributed by atoms with van der Waals surface area (Å²) in [6.07, 6.45) is 16.2. The number of hydrogen-bond acceptors (Lipinski definition) is 5. The number of amides is 1. The predicted octanol–water partition coefficient (Wildman–Crippen LogP) is 2.65. The van der Waals surface area contributed by atoms with E-state index in [-0.39, 0.29) is 5.91 Å². The second-order valence-electron chi connectivity index (χ2n) is 9.14. The minimum Gasteiger partial charge on any atom is -0.359 e. The van der Waals surface area contributed by atoms with Gasteiger partial charge in [0.1, 0.15) is 5.92 Å². The molecule has 4 N–H and O–H groups in total. The predicted molar refractivity (Wildman–Crippen MR) is 117 cm³/mol. The number of nitrogens with one attached hydrogen (secondary N) is 4. The van der Waals surface area contributed by atoms with Gasteiger partial charge in [-0.3, -0.25) is 9.79 Å². The molecule has 6 rings (SSSR count). The van der Waals surface area contributed by atoms with E-state index < -0.39 is 5.92 Å². The zero-order valence-electron chi connectivity index (χ0n) is 17.1. The van der Waals surface area contributed by atoms with Crippen LogP contribution in [0.25, 0.3) is 6.08 Å². The van der Waals surface area contributed by atoms with Gasteiger partial charge < -0.3 is 15.6 Å². The topological polar surface area (TPSA) is 93.7 Å². The van der Waals surface area contributed by atoms with E-state index in [1.807, 2.05) is 6.20 Å². The Balaban J connectivity index is 1.35. The molecular weight excluding hydrogens is 376 g/mol. The maximum Gasteiger partial charge on any atom is 0.254 e. The summed E-state index contributed by atoms with van der Waals surface area (Å²) in [6.45, 7) is 1.06. The molecule has 3 fully saturated rings. The standard InChI is InChI=1S/C23H28N6O/c30-23-17(12-27-29-23)22-19(25-9-10-26-22)11-18-20(13-1-2-13)16(7-8-24-15-5-6-15)21(28-18)14-3-4-14/h9-15,17,24-25,28H,1-8H2,(H,29,30). The van der Waals surface area contributed by atoms with Crippen molar-refractivity contribution in [2.45, 2.75) is 62.8 Å². The lowest BCUT2D eigenvalue weighted by Gasteiger charge is -2.16. The number of aliphatic imine (C=N–C) groups is 1. The van der Waals surface area contributed by atoms with E-state index in [0.717, 1.165) is 30.4 Å². The van der Waals surface area contributed by atoms with Gasteiger partial charge in [-0.15, -0.1) is 0 Å². The summed E-state index contributed by atoms with van der Waals surface area (Å²) in [5.74, 6) is 0.771. The smallest absolute Gasteiger partial charge is 0.254 e. The molecule has 3 heterocycles. The Hall–Kier alpha value is -2.67. The molecule has 7 nitrogen and oxygen atoms in total. The highest BCUT2D eigenvalue weighted by molar-refractivity contribution is 6.24. The summed E-state index contributed by atoms with van der Waals surface area (Å²) in [7, 11) is 0. The van der Waals surface area contributed by atoms with Crippen molar-refractivity contribution < 1.29 is 4.79 Å². The monoisotopic (exact) mass is 404 g/mol. The van der Waals surface area contributed by atoms with Crippen LogP contribution < -0.4 is 16.1 Å². The Bertz CT molecular complexity index is 988. The first-order valence-electron chi connectivity index (χ1n) is 11.3. The van der Waals surface area contributed by atoms with E-state index in [4.69, 9.17) is 0 Å². The number of hydrazone groups is 1. The number of aromatic nitrogens is 1. The fraction of sp³-hybridized carbons (Fsp3) is 0.522. The lowest BCUT2D eigenvalue weighted by atomic mass is 9.97. The second kappa shape index (κ2) is 7.23. The van der Waals surface area contributed by atoms with Crippen molar-refractivity contribution in [3.8, 4) is 0 Å². The fourth-order valence-corrected chi connectivity index (χ4v) is 4.63. The normalized spacial score (nSPS) is 26.8. The Morgan fingerprint density at radius 1 is 1.13 bits per heavy atom. The SMILES string of the molecule is O=C1NN=CC1C1=NC=CNC1=Cc1[nH]c(C2CC2)c(CCNC2CC2)c1C1CC1. The molecule has 1 amide bonds. The number of hydrogen-bond donors (Lipinski definition) is 4. The molecule has 1 atom stereocenters. The van der Waals surface area contributed by atoms with Crippen molar-refractivity contribution >= 4 is 23.9 Å². The van der Waals surface area contributed by atoms with Gasteiger partial charge in [-0.05, 0) is 80.5 Å². The molecule has 0 saturated heterocycles. The molecule has 0 bridgehead atoms. The van der Waals surface area contributed by atoms with Crippen LogP contribution in [0.5, 0.6) is 0 Å². The lowest BCUT2D eigenvalue weighted by Crippen LogP contribution is -2.32. The highest BCUT2D eigenvalue weighted by Gasteiger charge is 2.36. The number of H-pyrrole nitrogens is 1. The first-order chi connectivity index (χ1) is 14.8. The van der Waals surface area contributed by atoms with Crippen molar-refractivity contribution in [3.05, 3.63) is 40.6 Å². The van der Waals surface area contributed by atoms with Crippen LogP contribution in [0, 0.1) is 5.92 Å². The Morgan fingerprint density at radius 3 is 2.67 bits per heavy atom. The maximum atomic E-state index is 12.2. The summed E-state index contributed by atoms with van der Waals surface area (Å²) >= 11 is 0. The summed E-state index contributed by atoms with van der Waals surface area (Å²) in [4.78, 5) is 20.5. The van der Waals surface area contributed by atoms with E-state index >= 15 is 0 Å². The van der Waals surface area contributed by atoms with Crippen molar-refractivity contribution in [2.24, 2.45) is 16.0 Å². The first-order valence-corrected chi connectivity index (χ1v) is 11.3. The average molecular weight is 405 g/mol. The minimum atomic E-state index is -0.446. The lowest BCUT2D eigenvalue weighted by molar-refractivity contribution is -0.120. The maximum absolute atomic E-state index is 12.2. The summed E-state index contributed by atoms with van der Waals surface area (Å²) in [6, 6.07) is 0.746. The van der Waals surface area contributed by atoms with Gasteiger partial charge in [0.05, 0.1) is 11.4 Å². The van der Waals surface area contributed by atoms with E-state index in [0.29, 0.717) is 11.8 Å². The molecule has 1 aromatic rings. The molecule has 1 aromatic heterocycles. The van der Waals surface area contributed by atoms with Gasteiger partial charge in [0.25, 0.3) is 5.91 Å². The molecule has 1 unspecified atom stereocenters. The summed E-state index contributed by atoms with van der Waals surface area (Å²) in [5.41, 5.74) is 9.81. The van der Waals surface area contributed by atoms with E-state index in [2.05, 4.69) is 37.2 Å².